The second kappa shape index (κ2) is 67.2. The number of nitro benzene ring substituents is 2. The van der Waals surface area contributed by atoms with Gasteiger partial charge >= 0.3 is 31.9 Å². The van der Waals surface area contributed by atoms with Crippen LogP contribution in [0.3, 0.4) is 0 Å². The number of non-ortho nitro benzene ring substituents is 2. The fourth-order valence-electron chi connectivity index (χ4n) is 15.6. The minimum Gasteiger partial charge on any atom is -0.0622 e. The third kappa shape index (κ3) is 39.8. The Balaban J connectivity index is 0.000000216. The molecule has 0 atom stereocenters. The normalized spacial score (nSPS) is 12.1. The molecule has 16 aromatic rings. The zero-order valence-electron chi connectivity index (χ0n) is 77.7. The van der Waals surface area contributed by atoms with E-state index in [4.69, 9.17) is 26.6 Å². The summed E-state index contributed by atoms with van der Waals surface area (Å²) in [6, 6.07) is 157. The predicted molar refractivity (Wildman–Crippen MR) is 620 cm³/mol. The van der Waals surface area contributed by atoms with Gasteiger partial charge in [0, 0.05) is 72.1 Å². The van der Waals surface area contributed by atoms with Crippen molar-refractivity contribution in [3.63, 3.8) is 0 Å². The van der Waals surface area contributed by atoms with Crippen molar-refractivity contribution in [3.05, 3.63) is 525 Å². The number of aliphatic hydroxyl groups excluding tert-OH is 1. The van der Waals surface area contributed by atoms with Crippen molar-refractivity contribution < 1.29 is 45.4 Å². The van der Waals surface area contributed by atoms with Crippen LogP contribution in [0, 0.1) is 20.2 Å². The summed E-state index contributed by atoms with van der Waals surface area (Å²) in [5.41, 5.74) is 20.8. The van der Waals surface area contributed by atoms with Gasteiger partial charge in [-0.15, -0.1) is 0 Å². The molecule has 0 bridgehead atoms. The Bertz CT molecular complexity index is 5410. The third-order valence-corrected chi connectivity index (χ3v) is 33.3. The molecule has 0 unspecified atom stereocenters. The Morgan fingerprint density at radius 1 is 0.348 bits per heavy atom. The number of nitro groups is 2. The number of hydrogen-bond acceptors (Lipinski definition) is 11. The van der Waals surface area contributed by atoms with E-state index < -0.39 is 43.7 Å². The molecule has 723 valence electrons. The van der Waals surface area contributed by atoms with Crippen molar-refractivity contribution in [2.24, 2.45) is 4.30 Å². The Labute approximate surface area is 878 Å². The summed E-state index contributed by atoms with van der Waals surface area (Å²) in [7, 11) is 2.36. The maximum atomic E-state index is 10.4. The van der Waals surface area contributed by atoms with E-state index in [2.05, 4.69) is 457 Å². The largest absolute Gasteiger partial charge is 0.0622 e. The summed E-state index contributed by atoms with van der Waals surface area (Å²) in [5.74, 6) is 0.775. The number of aliphatic hydroxyl groups is 1. The van der Waals surface area contributed by atoms with Crippen molar-refractivity contribution in [1.29, 1.82) is 0 Å². The number of halogens is 2. The predicted octanol–water partition coefficient (Wildman–Crippen LogP) is 27.0. The van der Waals surface area contributed by atoms with E-state index in [0.717, 1.165) is 76.5 Å². The molecule has 4 aliphatic rings. The molecule has 0 amide bonds. The van der Waals surface area contributed by atoms with Gasteiger partial charge in [-0.3, -0.25) is 20.2 Å². The molecular weight excluding hydrogens is 2060 g/mol. The van der Waals surface area contributed by atoms with Crippen molar-refractivity contribution in [3.8, 4) is 0 Å². The molecule has 4 aliphatic carbocycles. The van der Waals surface area contributed by atoms with Crippen LogP contribution in [0.4, 0.5) is 22.7 Å². The molecule has 1 radical (unpaired) electrons. The molecule has 141 heavy (non-hydrogen) atoms. The minimum absolute atomic E-state index is 0. The molecule has 0 saturated heterocycles. The van der Waals surface area contributed by atoms with Crippen LogP contribution in [0.5, 0.6) is 0 Å². The molecule has 0 aromatic heterocycles. The van der Waals surface area contributed by atoms with Crippen molar-refractivity contribution in [2.75, 3.05) is 18.6 Å². The van der Waals surface area contributed by atoms with Gasteiger partial charge in [-0.2, -0.15) is 0 Å². The van der Waals surface area contributed by atoms with Gasteiger partial charge in [-0.05, 0) is 270 Å². The van der Waals surface area contributed by atoms with Crippen LogP contribution in [0.1, 0.15) is 121 Å². The number of allylic oxidation sites excluding steroid dienone is 6. The van der Waals surface area contributed by atoms with Gasteiger partial charge in [0.05, 0.1) is 9.85 Å². The molecule has 20 rings (SSSR count). The first-order valence-electron chi connectivity index (χ1n) is 45.9. The van der Waals surface area contributed by atoms with Gasteiger partial charge < -0.3 is 26.6 Å². The molecule has 22 heteroatoms. The average molecular weight is 2180 g/mol. The monoisotopic (exact) mass is 2180 g/mol. The first-order chi connectivity index (χ1) is 67.6. The molecule has 0 heterocycles. The second-order valence-corrected chi connectivity index (χ2v) is 42.6. The molecule has 1 saturated carbocycles. The van der Waals surface area contributed by atoms with E-state index in [1.54, 1.807) is 24.3 Å². The van der Waals surface area contributed by atoms with Gasteiger partial charge in [0.2, 0.25) is 0 Å². The summed E-state index contributed by atoms with van der Waals surface area (Å²) >= 11 is 9.83. The van der Waals surface area contributed by atoms with Gasteiger partial charge in [0.25, 0.3) is 11.4 Å². The maximum Gasteiger partial charge on any atom is 0 e. The number of rotatable bonds is 18. The molecule has 16 aromatic carbocycles. The Morgan fingerprint density at radius 3 is 0.773 bits per heavy atom. The van der Waals surface area contributed by atoms with E-state index >= 15 is 0 Å². The van der Waals surface area contributed by atoms with Crippen molar-refractivity contribution in [1.82, 2.24) is 0 Å². The average Bonchev–Trinajstić information content (AvgIpc) is 1.10. The summed E-state index contributed by atoms with van der Waals surface area (Å²) in [4.78, 5) is 19.7. The van der Waals surface area contributed by atoms with Crippen LogP contribution in [0.15, 0.2) is 492 Å². The van der Waals surface area contributed by atoms with E-state index in [0.29, 0.717) is 0 Å². The Kier molecular flexibility index (Phi) is 55.6. The van der Waals surface area contributed by atoms with Crippen LogP contribution in [-0.4, -0.2) is 46.9 Å². The van der Waals surface area contributed by atoms with Crippen LogP contribution in [0.2, 0.25) is 0 Å². The summed E-state index contributed by atoms with van der Waals surface area (Å²) in [6.07, 6.45) is 22.0. The first-order valence-corrected chi connectivity index (χ1v) is 53.3. The topological polar surface area (TPSA) is 211 Å². The number of thiol groups is 1. The number of nitrogen functional groups attached to an aromatic ring is 2. The van der Waals surface area contributed by atoms with E-state index in [9.17, 15) is 20.2 Å². The van der Waals surface area contributed by atoms with Crippen molar-refractivity contribution in [2.45, 2.75) is 104 Å². The smallest absolute Gasteiger partial charge is 0 e. The Hall–Kier alpha value is -11.4. The van der Waals surface area contributed by atoms with Crippen LogP contribution >= 0.6 is 76.4 Å². The molecule has 0 spiro atoms. The Morgan fingerprint density at radius 2 is 0.574 bits per heavy atom. The summed E-state index contributed by atoms with van der Waals surface area (Å²) in [5, 5.41) is 61.4. The van der Waals surface area contributed by atoms with E-state index in [1.165, 1.54) is 149 Å². The number of benzene rings is 16. The van der Waals surface area contributed by atoms with Crippen LogP contribution in [-0.2, 0) is 20.4 Å². The number of hydrogen-bond donors (Lipinski definition) is 6. The minimum atomic E-state index is -1.20. The molecule has 1 fully saturated rings. The quantitative estimate of drug-likeness (QED) is 0.0120. The maximum absolute atomic E-state index is 10.4. The van der Waals surface area contributed by atoms with Gasteiger partial charge in [0.15, 0.2) is 0 Å². The third-order valence-electron chi connectivity index (χ3n) is 22.3. The van der Waals surface area contributed by atoms with E-state index in [1.807, 2.05) is 36.4 Å². The number of nitrogens with zero attached hydrogens (tertiary/aromatic N) is 3. The molecular formula is C119H124B2Br2N5O7P4PdS. The zero-order chi connectivity index (χ0) is 97.5. The molecule has 12 nitrogen and oxygen atoms in total. The molecule has 7 N–H and O–H groups in total. The van der Waals surface area contributed by atoms with E-state index in [-0.39, 0.29) is 51.6 Å². The zero-order valence-corrected chi connectivity index (χ0v) is 86.9. The summed E-state index contributed by atoms with van der Waals surface area (Å²) in [6.45, 7) is 0. The molecule has 0 aliphatic heterocycles. The fourth-order valence-corrected chi connectivity index (χ4v) is 25.5. The first kappa shape index (κ1) is 117. The van der Waals surface area contributed by atoms with Crippen LogP contribution in [0.25, 0.3) is 11.1 Å². The fraction of sp³-hybridized carbons (Fsp3) is 0.143. The number of anilines is 2. The second-order valence-electron chi connectivity index (χ2n) is 31.7. The summed E-state index contributed by atoms with van der Waals surface area (Å²) < 4.78 is 4.58. The van der Waals surface area contributed by atoms with Gasteiger partial charge in [-0.1, -0.05) is 444 Å². The standard InChI is InChI=1S/4C18H15P.C11H14BrN.C11H11NO2.C11H13N.C6H4BrNO2.C5H9BO2.CH4O.2CH4.BHNS.Pd/c4*1-4-10-16(11-5-1)19(17-12-6-2-7-13-17)18-14-8-3-9-15-18;12-10-7-9(5-6-11(10)13)8-3-1-2-4-8;13-12(14)11-7-5-10(6-8-11)9-3-1-2-4-9;12-11-7-5-10(6-8-11)9-3-1-2-4-9;7-5-1-3-6(4-2-5)8(9)10;7-6(8)5-3-1-2-4-5;1-2;;;1-2-3;/h4*1-15H;5-8H,1-4,13H2;3,5-8H,1-2,4H2;3,5-8H,1-2,4,12H2;1-4H;3,7-8H,1-2,4H2;2H,1H3;2*1H4;3H;. The van der Waals surface area contributed by atoms with Gasteiger partial charge in [0.1, 0.15) is 0 Å². The number of nitrogens with two attached hydrogens (primary N) is 2. The SMILES string of the molecule is C.C.CO.Nc1ccc(C2=CCCC2)cc1.Nc1ccc(C2CCCC2)cc1Br.O=[N+]([O-])c1ccc(Br)cc1.O=[N+]([O-])c1ccc(C2=CCCC2)cc1.OB(O)C1=CCCC1.[B]=NS.[Pd].c1ccc(P(c2ccccc2)c2ccccc2)cc1.c1ccc(P(c2ccccc2)c2ccccc2)cc1.c1ccc(P(c2ccccc2)c2ccccc2)cc1.c1ccc(P(c2ccccc2)c2ccccc2)cc1. The van der Waals surface area contributed by atoms with Crippen molar-refractivity contribution >= 4 is 189 Å². The van der Waals surface area contributed by atoms with Gasteiger partial charge in [-0.25, -0.2) is 0 Å². The van der Waals surface area contributed by atoms with Crippen LogP contribution < -0.4 is 75.1 Å².